The van der Waals surface area contributed by atoms with E-state index in [0.29, 0.717) is 6.54 Å². The van der Waals surface area contributed by atoms with Crippen molar-refractivity contribution in [3.8, 4) is 0 Å². The standard InChI is InChI=1S/C14H27N3S/c1-13(2,3)11-8-18-12(16-11)7-17(6)10-14(4,5)9-15/h8H,7,9-10,15H2,1-6H3. The number of thiazole rings is 1. The summed E-state index contributed by atoms with van der Waals surface area (Å²) in [5.74, 6) is 0. The number of aromatic nitrogens is 1. The summed E-state index contributed by atoms with van der Waals surface area (Å²) in [5.41, 5.74) is 7.27. The third-order valence-corrected chi connectivity index (χ3v) is 3.81. The molecule has 1 aromatic heterocycles. The lowest BCUT2D eigenvalue weighted by Gasteiger charge is -2.28. The Bertz CT molecular complexity index is 377. The molecule has 18 heavy (non-hydrogen) atoms. The largest absolute Gasteiger partial charge is 0.330 e. The Labute approximate surface area is 115 Å². The van der Waals surface area contributed by atoms with E-state index in [1.54, 1.807) is 11.3 Å². The van der Waals surface area contributed by atoms with Gasteiger partial charge in [-0.2, -0.15) is 0 Å². The highest BCUT2D eigenvalue weighted by Crippen LogP contribution is 2.25. The fraction of sp³-hybridized carbons (Fsp3) is 0.786. The van der Waals surface area contributed by atoms with Crippen LogP contribution < -0.4 is 5.73 Å². The van der Waals surface area contributed by atoms with Gasteiger partial charge in [-0.3, -0.25) is 4.90 Å². The zero-order valence-electron chi connectivity index (χ0n) is 12.6. The maximum Gasteiger partial charge on any atom is 0.107 e. The van der Waals surface area contributed by atoms with Crippen LogP contribution >= 0.6 is 11.3 Å². The first-order valence-corrected chi connectivity index (χ1v) is 7.35. The van der Waals surface area contributed by atoms with E-state index in [1.807, 2.05) is 0 Å². The fourth-order valence-electron chi connectivity index (χ4n) is 1.81. The fourth-order valence-corrected chi connectivity index (χ4v) is 2.91. The second-order valence-corrected chi connectivity index (χ2v) is 7.86. The van der Waals surface area contributed by atoms with Crippen molar-refractivity contribution in [2.75, 3.05) is 20.1 Å². The SMILES string of the molecule is CN(Cc1nc(C(C)(C)C)cs1)CC(C)(C)CN. The lowest BCUT2D eigenvalue weighted by molar-refractivity contribution is 0.209. The van der Waals surface area contributed by atoms with Gasteiger partial charge in [-0.25, -0.2) is 4.98 Å². The minimum absolute atomic E-state index is 0.143. The maximum atomic E-state index is 5.77. The summed E-state index contributed by atoms with van der Waals surface area (Å²) in [6.45, 7) is 13.6. The zero-order chi connectivity index (χ0) is 14.0. The number of hydrogen-bond acceptors (Lipinski definition) is 4. The van der Waals surface area contributed by atoms with E-state index in [0.717, 1.165) is 13.1 Å². The zero-order valence-corrected chi connectivity index (χ0v) is 13.4. The van der Waals surface area contributed by atoms with Gasteiger partial charge in [-0.05, 0) is 19.0 Å². The number of nitrogens with zero attached hydrogens (tertiary/aromatic N) is 2. The van der Waals surface area contributed by atoms with Crippen LogP contribution in [0.15, 0.2) is 5.38 Å². The molecule has 2 N–H and O–H groups in total. The van der Waals surface area contributed by atoms with E-state index in [2.05, 4.69) is 51.9 Å². The monoisotopic (exact) mass is 269 g/mol. The summed E-state index contributed by atoms with van der Waals surface area (Å²) in [7, 11) is 2.13. The Hall–Kier alpha value is -0.450. The summed E-state index contributed by atoms with van der Waals surface area (Å²) < 4.78 is 0. The molecule has 0 amide bonds. The molecule has 0 fully saturated rings. The van der Waals surface area contributed by atoms with E-state index >= 15 is 0 Å². The molecule has 0 unspecified atom stereocenters. The first-order chi connectivity index (χ1) is 8.14. The van der Waals surface area contributed by atoms with Gasteiger partial charge >= 0.3 is 0 Å². The highest BCUT2D eigenvalue weighted by Gasteiger charge is 2.20. The Morgan fingerprint density at radius 2 is 1.89 bits per heavy atom. The molecule has 1 rings (SSSR count). The molecule has 1 aromatic rings. The van der Waals surface area contributed by atoms with E-state index in [4.69, 9.17) is 10.7 Å². The quantitative estimate of drug-likeness (QED) is 0.894. The van der Waals surface area contributed by atoms with E-state index < -0.39 is 0 Å². The van der Waals surface area contributed by atoms with Crippen LogP contribution in [0.2, 0.25) is 0 Å². The number of rotatable bonds is 5. The summed E-state index contributed by atoms with van der Waals surface area (Å²) >= 11 is 1.75. The van der Waals surface area contributed by atoms with Crippen molar-refractivity contribution in [2.24, 2.45) is 11.1 Å². The van der Waals surface area contributed by atoms with Crippen LogP contribution in [0.25, 0.3) is 0 Å². The molecular formula is C14H27N3S. The molecule has 3 nitrogen and oxygen atoms in total. The van der Waals surface area contributed by atoms with Gasteiger partial charge < -0.3 is 5.73 Å². The van der Waals surface area contributed by atoms with Crippen LogP contribution in [0.5, 0.6) is 0 Å². The number of hydrogen-bond donors (Lipinski definition) is 1. The normalized spacial score (nSPS) is 13.3. The molecule has 0 aliphatic heterocycles. The first-order valence-electron chi connectivity index (χ1n) is 6.47. The van der Waals surface area contributed by atoms with Gasteiger partial charge in [0, 0.05) is 17.3 Å². The lowest BCUT2D eigenvalue weighted by Crippen LogP contribution is -2.36. The van der Waals surface area contributed by atoms with Crippen molar-refractivity contribution < 1.29 is 0 Å². The highest BCUT2D eigenvalue weighted by molar-refractivity contribution is 7.09. The van der Waals surface area contributed by atoms with Gasteiger partial charge in [-0.1, -0.05) is 34.6 Å². The van der Waals surface area contributed by atoms with E-state index in [-0.39, 0.29) is 10.8 Å². The van der Waals surface area contributed by atoms with Gasteiger partial charge in [0.05, 0.1) is 12.2 Å². The average molecular weight is 269 g/mol. The Balaban J connectivity index is 2.60. The summed E-state index contributed by atoms with van der Waals surface area (Å²) in [6.07, 6.45) is 0. The van der Waals surface area contributed by atoms with Gasteiger partial charge in [0.1, 0.15) is 5.01 Å². The van der Waals surface area contributed by atoms with Crippen molar-refractivity contribution in [1.82, 2.24) is 9.88 Å². The molecule has 0 saturated carbocycles. The first kappa shape index (κ1) is 15.6. The van der Waals surface area contributed by atoms with Gasteiger partial charge in [0.25, 0.3) is 0 Å². The summed E-state index contributed by atoms with van der Waals surface area (Å²) in [6, 6.07) is 0. The van der Waals surface area contributed by atoms with Crippen molar-refractivity contribution >= 4 is 11.3 Å². The summed E-state index contributed by atoms with van der Waals surface area (Å²) in [5, 5.41) is 3.37. The molecule has 0 spiro atoms. The third-order valence-electron chi connectivity index (χ3n) is 2.98. The molecule has 1 heterocycles. The van der Waals surface area contributed by atoms with Crippen LogP contribution in [-0.2, 0) is 12.0 Å². The van der Waals surface area contributed by atoms with Gasteiger partial charge in [-0.15, -0.1) is 11.3 Å². The van der Waals surface area contributed by atoms with Crippen LogP contribution in [0.1, 0.15) is 45.3 Å². The minimum atomic E-state index is 0.143. The molecule has 0 bridgehead atoms. The molecule has 0 aliphatic carbocycles. The van der Waals surface area contributed by atoms with Gasteiger partial charge in [0.15, 0.2) is 0 Å². The Morgan fingerprint density at radius 3 is 2.33 bits per heavy atom. The smallest absolute Gasteiger partial charge is 0.107 e. The second-order valence-electron chi connectivity index (χ2n) is 6.92. The molecule has 0 atom stereocenters. The molecule has 4 heteroatoms. The highest BCUT2D eigenvalue weighted by atomic mass is 32.1. The topological polar surface area (TPSA) is 42.2 Å². The maximum absolute atomic E-state index is 5.77. The summed E-state index contributed by atoms with van der Waals surface area (Å²) in [4.78, 5) is 7.03. The Kier molecular flexibility index (Phi) is 4.92. The van der Waals surface area contributed by atoms with Crippen molar-refractivity contribution in [1.29, 1.82) is 0 Å². The van der Waals surface area contributed by atoms with Crippen LogP contribution in [-0.4, -0.2) is 30.0 Å². The molecule has 0 aromatic carbocycles. The van der Waals surface area contributed by atoms with Crippen LogP contribution in [0, 0.1) is 5.41 Å². The van der Waals surface area contributed by atoms with Crippen molar-refractivity contribution in [2.45, 2.75) is 46.6 Å². The van der Waals surface area contributed by atoms with Gasteiger partial charge in [0.2, 0.25) is 0 Å². The van der Waals surface area contributed by atoms with Crippen molar-refractivity contribution in [3.05, 3.63) is 16.1 Å². The Morgan fingerprint density at radius 1 is 1.28 bits per heavy atom. The lowest BCUT2D eigenvalue weighted by atomic mass is 9.93. The van der Waals surface area contributed by atoms with Crippen LogP contribution in [0.3, 0.4) is 0 Å². The average Bonchev–Trinajstić information content (AvgIpc) is 2.64. The van der Waals surface area contributed by atoms with E-state index in [1.165, 1.54) is 10.7 Å². The van der Waals surface area contributed by atoms with E-state index in [9.17, 15) is 0 Å². The minimum Gasteiger partial charge on any atom is -0.330 e. The molecule has 0 aliphatic rings. The number of nitrogens with two attached hydrogens (primary N) is 1. The predicted molar refractivity (Wildman–Crippen MR) is 80.0 cm³/mol. The third kappa shape index (κ3) is 4.67. The van der Waals surface area contributed by atoms with Crippen molar-refractivity contribution in [3.63, 3.8) is 0 Å². The second kappa shape index (κ2) is 5.68. The molecule has 0 saturated heterocycles. The van der Waals surface area contributed by atoms with Crippen LogP contribution in [0.4, 0.5) is 0 Å². The molecule has 0 radical (unpaired) electrons. The molecular weight excluding hydrogens is 242 g/mol. The predicted octanol–water partition coefficient (Wildman–Crippen LogP) is 2.86. The molecule has 104 valence electrons.